The molecule has 0 aliphatic heterocycles. The Kier molecular flexibility index (Phi) is 5.61. The average molecular weight is 314 g/mol. The van der Waals surface area contributed by atoms with E-state index < -0.39 is 0 Å². The molecule has 0 radical (unpaired) electrons. The zero-order valence-corrected chi connectivity index (χ0v) is 14.4. The summed E-state index contributed by atoms with van der Waals surface area (Å²) in [6.07, 6.45) is 0. The summed E-state index contributed by atoms with van der Waals surface area (Å²) >= 11 is 0. The van der Waals surface area contributed by atoms with Gasteiger partial charge in [0.1, 0.15) is 5.75 Å². The molecule has 124 valence electrons. The van der Waals surface area contributed by atoms with Crippen LogP contribution in [0.25, 0.3) is 10.8 Å². The monoisotopic (exact) mass is 314 g/mol. The minimum Gasteiger partial charge on any atom is -0.484 e. The zero-order chi connectivity index (χ0) is 16.9. The summed E-state index contributed by atoms with van der Waals surface area (Å²) in [4.78, 5) is 14.1. The molecule has 2 aromatic rings. The maximum absolute atomic E-state index is 12.0. The van der Waals surface area contributed by atoms with E-state index >= 15 is 0 Å². The van der Waals surface area contributed by atoms with Gasteiger partial charge in [0.15, 0.2) is 6.61 Å². The minimum absolute atomic E-state index is 0.0299. The van der Waals surface area contributed by atoms with E-state index in [0.29, 0.717) is 12.3 Å². The topological polar surface area (TPSA) is 41.6 Å². The van der Waals surface area contributed by atoms with Gasteiger partial charge in [0, 0.05) is 13.1 Å². The normalized spacial score (nSPS) is 11.7. The van der Waals surface area contributed by atoms with Crippen LogP contribution in [0.4, 0.5) is 0 Å². The van der Waals surface area contributed by atoms with E-state index in [9.17, 15) is 4.79 Å². The van der Waals surface area contributed by atoms with Crippen LogP contribution in [0.15, 0.2) is 42.5 Å². The van der Waals surface area contributed by atoms with Crippen LogP contribution in [0.5, 0.6) is 5.75 Å². The van der Waals surface area contributed by atoms with Crippen molar-refractivity contribution in [2.75, 3.05) is 33.8 Å². The largest absolute Gasteiger partial charge is 0.484 e. The second-order valence-corrected chi connectivity index (χ2v) is 6.98. The number of ether oxygens (including phenoxy) is 1. The third-order valence-corrected chi connectivity index (χ3v) is 3.60. The van der Waals surface area contributed by atoms with Crippen molar-refractivity contribution < 1.29 is 9.53 Å². The van der Waals surface area contributed by atoms with Crippen molar-refractivity contribution in [2.45, 2.75) is 13.8 Å². The lowest BCUT2D eigenvalue weighted by atomic mass is 9.93. The molecular formula is C19H26N2O2. The molecule has 2 rings (SSSR count). The first-order chi connectivity index (χ1) is 10.9. The molecule has 0 saturated carbocycles. The number of nitrogens with zero attached hydrogens (tertiary/aromatic N) is 1. The number of nitrogens with one attached hydrogen (secondary N) is 1. The molecule has 0 fully saturated rings. The van der Waals surface area contributed by atoms with Crippen LogP contribution in [0.3, 0.4) is 0 Å². The van der Waals surface area contributed by atoms with E-state index in [-0.39, 0.29) is 17.9 Å². The summed E-state index contributed by atoms with van der Waals surface area (Å²) in [5.41, 5.74) is 0.0299. The van der Waals surface area contributed by atoms with Crippen molar-refractivity contribution in [3.8, 4) is 5.75 Å². The van der Waals surface area contributed by atoms with E-state index in [0.717, 1.165) is 17.3 Å². The third-order valence-electron chi connectivity index (χ3n) is 3.60. The van der Waals surface area contributed by atoms with Gasteiger partial charge in [-0.25, -0.2) is 0 Å². The van der Waals surface area contributed by atoms with Crippen molar-refractivity contribution in [2.24, 2.45) is 5.41 Å². The molecule has 0 spiro atoms. The number of benzene rings is 2. The molecule has 0 atom stereocenters. The number of carbonyl (C=O) groups excluding carboxylic acids is 1. The molecular weight excluding hydrogens is 288 g/mol. The fourth-order valence-electron chi connectivity index (χ4n) is 2.71. The van der Waals surface area contributed by atoms with Crippen LogP contribution in [-0.2, 0) is 4.79 Å². The highest BCUT2D eigenvalue weighted by Crippen LogP contribution is 2.20. The average Bonchev–Trinajstić information content (AvgIpc) is 2.49. The summed E-state index contributed by atoms with van der Waals surface area (Å²) in [7, 11) is 4.07. The maximum Gasteiger partial charge on any atom is 0.257 e. The predicted molar refractivity (Wildman–Crippen MR) is 94.8 cm³/mol. The fourth-order valence-corrected chi connectivity index (χ4v) is 2.71. The number of carbonyl (C=O) groups is 1. The number of amides is 1. The lowest BCUT2D eigenvalue weighted by Crippen LogP contribution is -2.41. The van der Waals surface area contributed by atoms with Gasteiger partial charge < -0.3 is 15.0 Å². The maximum atomic E-state index is 12.0. The molecule has 2 aromatic carbocycles. The van der Waals surface area contributed by atoms with Crippen LogP contribution in [-0.4, -0.2) is 44.6 Å². The second kappa shape index (κ2) is 7.47. The van der Waals surface area contributed by atoms with E-state index in [2.05, 4.69) is 30.1 Å². The Morgan fingerprint density at radius 2 is 1.83 bits per heavy atom. The molecule has 4 heteroatoms. The number of rotatable bonds is 7. The van der Waals surface area contributed by atoms with Crippen LogP contribution < -0.4 is 10.1 Å². The number of fused-ring (bicyclic) bond motifs is 1. The highest BCUT2D eigenvalue weighted by atomic mass is 16.5. The molecule has 0 aliphatic rings. The van der Waals surface area contributed by atoms with Crippen molar-refractivity contribution in [1.29, 1.82) is 0 Å². The zero-order valence-electron chi connectivity index (χ0n) is 14.4. The Morgan fingerprint density at radius 1 is 1.13 bits per heavy atom. The molecule has 4 nitrogen and oxygen atoms in total. The molecule has 0 aromatic heterocycles. The number of hydrogen-bond donors (Lipinski definition) is 1. The van der Waals surface area contributed by atoms with Crippen molar-refractivity contribution in [3.05, 3.63) is 42.5 Å². The molecule has 0 saturated heterocycles. The quantitative estimate of drug-likeness (QED) is 0.854. The standard InChI is InChI=1S/C19H26N2O2/c1-19(2,14-21(3)4)13-20-18(22)12-23-17-10-9-15-7-5-6-8-16(15)11-17/h5-11H,12-14H2,1-4H3,(H,20,22). The first-order valence-electron chi connectivity index (χ1n) is 7.89. The highest BCUT2D eigenvalue weighted by Gasteiger charge is 2.19. The number of hydrogen-bond acceptors (Lipinski definition) is 3. The van der Waals surface area contributed by atoms with E-state index in [1.807, 2.05) is 50.5 Å². The van der Waals surface area contributed by atoms with E-state index in [1.165, 1.54) is 0 Å². The Balaban J connectivity index is 1.83. The fraction of sp³-hybridized carbons (Fsp3) is 0.421. The molecule has 1 amide bonds. The first kappa shape index (κ1) is 17.3. The summed E-state index contributed by atoms with van der Waals surface area (Å²) in [6.45, 7) is 5.86. The van der Waals surface area contributed by atoms with Gasteiger partial charge in [0.25, 0.3) is 5.91 Å². The van der Waals surface area contributed by atoms with Crippen LogP contribution in [0.2, 0.25) is 0 Å². The van der Waals surface area contributed by atoms with Gasteiger partial charge >= 0.3 is 0 Å². The third kappa shape index (κ3) is 5.57. The first-order valence-corrected chi connectivity index (χ1v) is 7.89. The van der Waals surface area contributed by atoms with Crippen molar-refractivity contribution >= 4 is 16.7 Å². The van der Waals surface area contributed by atoms with Crippen LogP contribution >= 0.6 is 0 Å². The molecule has 0 aliphatic carbocycles. The summed E-state index contributed by atoms with van der Waals surface area (Å²) in [5.74, 6) is 0.622. The molecule has 0 unspecified atom stereocenters. The summed E-state index contributed by atoms with van der Waals surface area (Å²) < 4.78 is 5.60. The Bertz CT molecular complexity index is 665. The smallest absolute Gasteiger partial charge is 0.257 e. The van der Waals surface area contributed by atoms with Gasteiger partial charge in [-0.3, -0.25) is 4.79 Å². The minimum atomic E-state index is -0.0926. The predicted octanol–water partition coefficient (Wildman–Crippen LogP) is 2.92. The molecule has 1 N–H and O–H groups in total. The lowest BCUT2D eigenvalue weighted by molar-refractivity contribution is -0.123. The summed E-state index contributed by atoms with van der Waals surface area (Å²) in [5, 5.41) is 5.22. The second-order valence-electron chi connectivity index (χ2n) is 6.98. The van der Waals surface area contributed by atoms with Crippen LogP contribution in [0.1, 0.15) is 13.8 Å². The molecule has 23 heavy (non-hydrogen) atoms. The van der Waals surface area contributed by atoms with Crippen molar-refractivity contribution in [1.82, 2.24) is 10.2 Å². The summed E-state index contributed by atoms with van der Waals surface area (Å²) in [6, 6.07) is 13.9. The molecule has 0 bridgehead atoms. The SMILES string of the molecule is CN(C)CC(C)(C)CNC(=O)COc1ccc2ccccc2c1. The van der Waals surface area contributed by atoms with Gasteiger partial charge in [-0.15, -0.1) is 0 Å². The Labute approximate surface area is 138 Å². The lowest BCUT2D eigenvalue weighted by Gasteiger charge is -2.28. The van der Waals surface area contributed by atoms with E-state index in [4.69, 9.17) is 4.74 Å². The van der Waals surface area contributed by atoms with Crippen molar-refractivity contribution in [3.63, 3.8) is 0 Å². The van der Waals surface area contributed by atoms with Gasteiger partial charge in [0.2, 0.25) is 0 Å². The molecule has 0 heterocycles. The Morgan fingerprint density at radius 3 is 2.52 bits per heavy atom. The van der Waals surface area contributed by atoms with E-state index in [1.54, 1.807) is 0 Å². The van der Waals surface area contributed by atoms with Gasteiger partial charge in [-0.1, -0.05) is 44.2 Å². The van der Waals surface area contributed by atoms with Gasteiger partial charge in [0.05, 0.1) is 0 Å². The van der Waals surface area contributed by atoms with Gasteiger partial charge in [-0.05, 0) is 42.4 Å². The van der Waals surface area contributed by atoms with Gasteiger partial charge in [-0.2, -0.15) is 0 Å². The Hall–Kier alpha value is -2.07. The highest BCUT2D eigenvalue weighted by molar-refractivity contribution is 5.84. The van der Waals surface area contributed by atoms with Crippen LogP contribution in [0, 0.1) is 5.41 Å².